The average molecular weight is 404 g/mol. The minimum atomic E-state index is -0.649. The number of urea groups is 1. The van der Waals surface area contributed by atoms with Gasteiger partial charge < -0.3 is 20.7 Å². The van der Waals surface area contributed by atoms with Crippen LogP contribution in [0.4, 0.5) is 4.79 Å². The van der Waals surface area contributed by atoms with Gasteiger partial charge in [-0.15, -0.1) is 0 Å². The second kappa shape index (κ2) is 13.5. The van der Waals surface area contributed by atoms with E-state index in [9.17, 15) is 19.2 Å². The van der Waals surface area contributed by atoms with Gasteiger partial charge in [-0.1, -0.05) is 25.1 Å². The van der Waals surface area contributed by atoms with Gasteiger partial charge >= 0.3 is 6.03 Å². The van der Waals surface area contributed by atoms with Gasteiger partial charge in [-0.2, -0.15) is 0 Å². The molecule has 0 aliphatic heterocycles. The van der Waals surface area contributed by atoms with E-state index in [0.29, 0.717) is 18.5 Å². The Morgan fingerprint density at radius 2 is 1.62 bits per heavy atom. The zero-order chi connectivity index (χ0) is 21.6. The Hall–Kier alpha value is -2.70. The predicted octanol–water partition coefficient (Wildman–Crippen LogP) is 2.99. The van der Waals surface area contributed by atoms with E-state index in [2.05, 4.69) is 16.0 Å². The van der Waals surface area contributed by atoms with Crippen LogP contribution in [0.2, 0.25) is 0 Å². The van der Waals surface area contributed by atoms with Gasteiger partial charge in [0.15, 0.2) is 5.78 Å². The van der Waals surface area contributed by atoms with E-state index in [1.165, 1.54) is 13.8 Å². The SMILES string of the molecule is CCC(CCCCNC(=O)c1ccccc1)NC(=O)NC(CCC(C)=O)C(C)=O. The molecule has 160 valence electrons. The number of rotatable bonds is 13. The molecule has 1 aromatic carbocycles. The van der Waals surface area contributed by atoms with Gasteiger partial charge in [0.25, 0.3) is 5.91 Å². The van der Waals surface area contributed by atoms with Crippen molar-refractivity contribution in [3.8, 4) is 0 Å². The molecule has 7 heteroatoms. The summed E-state index contributed by atoms with van der Waals surface area (Å²) in [5, 5.41) is 8.44. The normalized spacial score (nSPS) is 12.5. The lowest BCUT2D eigenvalue weighted by atomic mass is 10.1. The highest BCUT2D eigenvalue weighted by atomic mass is 16.2. The highest BCUT2D eigenvalue weighted by molar-refractivity contribution is 5.94. The van der Waals surface area contributed by atoms with Crippen LogP contribution in [0, 0.1) is 0 Å². The number of carbonyl (C=O) groups is 4. The maximum Gasteiger partial charge on any atom is 0.315 e. The fourth-order valence-electron chi connectivity index (χ4n) is 2.90. The maximum absolute atomic E-state index is 12.2. The average Bonchev–Trinajstić information content (AvgIpc) is 2.70. The number of benzene rings is 1. The quantitative estimate of drug-likeness (QED) is 0.440. The van der Waals surface area contributed by atoms with Crippen LogP contribution in [-0.2, 0) is 9.59 Å². The van der Waals surface area contributed by atoms with Crippen molar-refractivity contribution < 1.29 is 19.2 Å². The van der Waals surface area contributed by atoms with Crippen molar-refractivity contribution in [1.29, 1.82) is 0 Å². The van der Waals surface area contributed by atoms with Crippen molar-refractivity contribution in [3.05, 3.63) is 35.9 Å². The minimum Gasteiger partial charge on any atom is -0.352 e. The van der Waals surface area contributed by atoms with E-state index in [-0.39, 0.29) is 29.9 Å². The second-order valence-corrected chi connectivity index (χ2v) is 7.24. The molecule has 3 amide bonds. The summed E-state index contributed by atoms with van der Waals surface area (Å²) in [6.45, 7) is 5.44. The topological polar surface area (TPSA) is 104 Å². The standard InChI is InChI=1S/C22H33N3O4/c1-4-19(24-22(29)25-20(17(3)27)14-13-16(2)26)12-8-9-15-23-21(28)18-10-6-5-7-11-18/h5-7,10-11,19-20H,4,8-9,12-15H2,1-3H3,(H,23,28)(H2,24,25,29). The molecule has 0 saturated carbocycles. The van der Waals surface area contributed by atoms with Crippen LogP contribution in [0.1, 0.15) is 69.7 Å². The van der Waals surface area contributed by atoms with Gasteiger partial charge in [0.2, 0.25) is 0 Å². The predicted molar refractivity (Wildman–Crippen MR) is 113 cm³/mol. The van der Waals surface area contributed by atoms with E-state index in [1.54, 1.807) is 12.1 Å². The Morgan fingerprint density at radius 1 is 0.931 bits per heavy atom. The number of ketones is 2. The van der Waals surface area contributed by atoms with Crippen LogP contribution < -0.4 is 16.0 Å². The summed E-state index contributed by atoms with van der Waals surface area (Å²) >= 11 is 0. The minimum absolute atomic E-state index is 0.00996. The number of unbranched alkanes of at least 4 members (excludes halogenated alkanes) is 1. The lowest BCUT2D eigenvalue weighted by Crippen LogP contribution is -2.48. The van der Waals surface area contributed by atoms with E-state index in [4.69, 9.17) is 0 Å². The molecule has 2 unspecified atom stereocenters. The van der Waals surface area contributed by atoms with Gasteiger partial charge in [-0.3, -0.25) is 9.59 Å². The van der Waals surface area contributed by atoms with Crippen LogP contribution in [-0.4, -0.2) is 42.1 Å². The number of nitrogens with one attached hydrogen (secondary N) is 3. The summed E-state index contributed by atoms with van der Waals surface area (Å²) in [7, 11) is 0. The lowest BCUT2D eigenvalue weighted by molar-refractivity contribution is -0.119. The van der Waals surface area contributed by atoms with Gasteiger partial charge in [0.1, 0.15) is 5.78 Å². The van der Waals surface area contributed by atoms with Crippen molar-refractivity contribution in [2.75, 3.05) is 6.54 Å². The van der Waals surface area contributed by atoms with Gasteiger partial charge in [-0.05, 0) is 58.1 Å². The molecule has 2 atom stereocenters. The first-order valence-corrected chi connectivity index (χ1v) is 10.2. The van der Waals surface area contributed by atoms with E-state index in [0.717, 1.165) is 25.7 Å². The summed E-state index contributed by atoms with van der Waals surface area (Å²) in [4.78, 5) is 46.9. The number of amides is 3. The Bertz CT molecular complexity index is 676. The van der Waals surface area contributed by atoms with Crippen LogP contribution >= 0.6 is 0 Å². The molecule has 0 fully saturated rings. The number of carbonyl (C=O) groups excluding carboxylic acids is 4. The Kier molecular flexibility index (Phi) is 11.3. The van der Waals surface area contributed by atoms with Crippen molar-refractivity contribution in [1.82, 2.24) is 16.0 Å². The molecule has 0 heterocycles. The lowest BCUT2D eigenvalue weighted by Gasteiger charge is -2.20. The molecule has 0 bridgehead atoms. The third kappa shape index (κ3) is 10.4. The molecule has 0 aliphatic rings. The first kappa shape index (κ1) is 24.3. The number of hydrogen-bond donors (Lipinski definition) is 3. The highest BCUT2D eigenvalue weighted by Crippen LogP contribution is 2.06. The monoisotopic (exact) mass is 403 g/mol. The Balaban J connectivity index is 2.30. The third-order valence-electron chi connectivity index (χ3n) is 4.71. The van der Waals surface area contributed by atoms with Crippen LogP contribution in [0.5, 0.6) is 0 Å². The zero-order valence-corrected chi connectivity index (χ0v) is 17.6. The molecule has 0 aromatic heterocycles. The molecule has 29 heavy (non-hydrogen) atoms. The summed E-state index contributed by atoms with van der Waals surface area (Å²) in [5.74, 6) is -0.260. The fraction of sp³-hybridized carbons (Fsp3) is 0.545. The summed E-state index contributed by atoms with van der Waals surface area (Å²) in [6, 6.07) is 8.02. The molecule has 1 rings (SSSR count). The summed E-state index contributed by atoms with van der Waals surface area (Å²) < 4.78 is 0. The summed E-state index contributed by atoms with van der Waals surface area (Å²) in [5.41, 5.74) is 0.641. The smallest absolute Gasteiger partial charge is 0.315 e. The van der Waals surface area contributed by atoms with Crippen molar-refractivity contribution in [2.45, 2.75) is 71.4 Å². The molecular weight excluding hydrogens is 370 g/mol. The van der Waals surface area contributed by atoms with Gasteiger partial charge in [0, 0.05) is 24.6 Å². The first-order chi connectivity index (χ1) is 13.8. The van der Waals surface area contributed by atoms with Crippen LogP contribution in [0.25, 0.3) is 0 Å². The largest absolute Gasteiger partial charge is 0.352 e. The van der Waals surface area contributed by atoms with Crippen molar-refractivity contribution >= 4 is 23.5 Å². The van der Waals surface area contributed by atoms with Crippen LogP contribution in [0.15, 0.2) is 30.3 Å². The van der Waals surface area contributed by atoms with Gasteiger partial charge in [-0.25, -0.2) is 4.79 Å². The molecule has 7 nitrogen and oxygen atoms in total. The Labute approximate surface area is 173 Å². The van der Waals surface area contributed by atoms with E-state index >= 15 is 0 Å². The molecule has 0 radical (unpaired) electrons. The maximum atomic E-state index is 12.2. The van der Waals surface area contributed by atoms with Crippen molar-refractivity contribution in [3.63, 3.8) is 0 Å². The molecule has 0 aliphatic carbocycles. The second-order valence-electron chi connectivity index (χ2n) is 7.24. The molecular formula is C22H33N3O4. The van der Waals surface area contributed by atoms with E-state index in [1.807, 2.05) is 25.1 Å². The van der Waals surface area contributed by atoms with Crippen molar-refractivity contribution in [2.24, 2.45) is 0 Å². The first-order valence-electron chi connectivity index (χ1n) is 10.2. The van der Waals surface area contributed by atoms with Gasteiger partial charge in [0.05, 0.1) is 6.04 Å². The molecule has 1 aromatic rings. The molecule has 0 saturated heterocycles. The van der Waals surface area contributed by atoms with Crippen LogP contribution in [0.3, 0.4) is 0 Å². The fourth-order valence-corrected chi connectivity index (χ4v) is 2.90. The number of Topliss-reactive ketones (excluding diaryl/α,β-unsaturated/α-hetero) is 2. The zero-order valence-electron chi connectivity index (χ0n) is 17.6. The highest BCUT2D eigenvalue weighted by Gasteiger charge is 2.19. The summed E-state index contributed by atoms with van der Waals surface area (Å²) in [6.07, 6.45) is 3.79. The van der Waals surface area contributed by atoms with E-state index < -0.39 is 12.1 Å². The molecule has 3 N–H and O–H groups in total. The Morgan fingerprint density at radius 3 is 2.21 bits per heavy atom. The molecule has 0 spiro atoms. The third-order valence-corrected chi connectivity index (χ3v) is 4.71. The number of hydrogen-bond acceptors (Lipinski definition) is 4.